The summed E-state index contributed by atoms with van der Waals surface area (Å²) < 4.78 is 0. The predicted molar refractivity (Wildman–Crippen MR) is 55.4 cm³/mol. The molecule has 0 aliphatic carbocycles. The second-order valence-electron chi connectivity index (χ2n) is 2.56. The van der Waals surface area contributed by atoms with Crippen LogP contribution in [0.15, 0.2) is 47.2 Å². The van der Waals surface area contributed by atoms with E-state index in [1.807, 2.05) is 30.3 Å². The second-order valence-corrected chi connectivity index (χ2v) is 2.56. The topological polar surface area (TPSA) is 64.4 Å². The lowest BCUT2D eigenvalue weighted by atomic mass is 10.1. The molecule has 13 heavy (non-hydrogen) atoms. The molecule has 0 amide bonds. The Bertz CT molecular complexity index is 325. The third kappa shape index (κ3) is 2.08. The van der Waals surface area contributed by atoms with E-state index in [1.54, 1.807) is 7.05 Å². The molecule has 0 spiro atoms. The molecule has 3 nitrogen and oxygen atoms in total. The van der Waals surface area contributed by atoms with Crippen LogP contribution in [0, 0.1) is 0 Å². The number of hydrogen-bond donors (Lipinski definition) is 2. The minimum atomic E-state index is 0.494. The standard InChI is InChI=1S/C10H13N3/c1-13-10(9(12)7-11)8-5-3-2-4-6-8/h2-7H,11-12H2,1H3. The maximum Gasteiger partial charge on any atom is 0.0887 e. The SMILES string of the molecule is CN=C(C(N)=CN)c1ccccc1. The fraction of sp³-hybridized carbons (Fsp3) is 0.100. The monoisotopic (exact) mass is 175 g/mol. The summed E-state index contributed by atoms with van der Waals surface area (Å²) in [6.45, 7) is 0. The third-order valence-corrected chi connectivity index (χ3v) is 1.72. The Balaban J connectivity index is 3.07. The van der Waals surface area contributed by atoms with Gasteiger partial charge in [0.15, 0.2) is 0 Å². The predicted octanol–water partition coefficient (Wildman–Crippen LogP) is 0.864. The summed E-state index contributed by atoms with van der Waals surface area (Å²) in [6.07, 6.45) is 1.36. The molecule has 3 heteroatoms. The Morgan fingerprint density at radius 3 is 2.38 bits per heavy atom. The average Bonchev–Trinajstić information content (AvgIpc) is 2.20. The normalized spacial score (nSPS) is 13.0. The van der Waals surface area contributed by atoms with Crippen LogP contribution in [0.25, 0.3) is 0 Å². The van der Waals surface area contributed by atoms with Gasteiger partial charge in [0.2, 0.25) is 0 Å². The van der Waals surface area contributed by atoms with E-state index >= 15 is 0 Å². The van der Waals surface area contributed by atoms with Crippen LogP contribution in [0.4, 0.5) is 0 Å². The van der Waals surface area contributed by atoms with E-state index in [4.69, 9.17) is 11.5 Å². The van der Waals surface area contributed by atoms with Gasteiger partial charge in [-0.05, 0) is 0 Å². The molecule has 0 saturated carbocycles. The summed E-state index contributed by atoms with van der Waals surface area (Å²) in [7, 11) is 1.69. The van der Waals surface area contributed by atoms with Crippen molar-refractivity contribution in [2.24, 2.45) is 16.5 Å². The molecule has 0 fully saturated rings. The van der Waals surface area contributed by atoms with Crippen LogP contribution in [-0.2, 0) is 0 Å². The first-order valence-electron chi connectivity index (χ1n) is 3.99. The summed E-state index contributed by atoms with van der Waals surface area (Å²) in [6, 6.07) is 9.70. The van der Waals surface area contributed by atoms with Gasteiger partial charge >= 0.3 is 0 Å². The molecular formula is C10H13N3. The largest absolute Gasteiger partial charge is 0.403 e. The summed E-state index contributed by atoms with van der Waals surface area (Å²) in [5, 5.41) is 0. The zero-order valence-electron chi connectivity index (χ0n) is 7.57. The molecule has 0 radical (unpaired) electrons. The summed E-state index contributed by atoms with van der Waals surface area (Å²) >= 11 is 0. The Morgan fingerprint density at radius 2 is 1.92 bits per heavy atom. The lowest BCUT2D eigenvalue weighted by Crippen LogP contribution is -2.14. The lowest BCUT2D eigenvalue weighted by Gasteiger charge is -2.04. The molecule has 0 saturated heterocycles. The van der Waals surface area contributed by atoms with Gasteiger partial charge in [-0.2, -0.15) is 0 Å². The van der Waals surface area contributed by atoms with Crippen LogP contribution < -0.4 is 11.5 Å². The van der Waals surface area contributed by atoms with Gasteiger partial charge in [0, 0.05) is 18.8 Å². The fourth-order valence-corrected chi connectivity index (χ4v) is 1.10. The molecule has 0 heterocycles. The number of allylic oxidation sites excluding steroid dienone is 1. The first-order valence-corrected chi connectivity index (χ1v) is 3.99. The first-order chi connectivity index (χ1) is 6.29. The minimum Gasteiger partial charge on any atom is -0.403 e. The van der Waals surface area contributed by atoms with Crippen LogP contribution in [0.2, 0.25) is 0 Å². The van der Waals surface area contributed by atoms with Crippen molar-refractivity contribution in [3.05, 3.63) is 47.8 Å². The third-order valence-electron chi connectivity index (χ3n) is 1.72. The summed E-state index contributed by atoms with van der Waals surface area (Å²) in [5.74, 6) is 0. The molecular weight excluding hydrogens is 162 g/mol. The van der Waals surface area contributed by atoms with Gasteiger partial charge in [0.05, 0.1) is 11.4 Å². The van der Waals surface area contributed by atoms with Crippen molar-refractivity contribution in [3.8, 4) is 0 Å². The van der Waals surface area contributed by atoms with Crippen molar-refractivity contribution in [3.63, 3.8) is 0 Å². The maximum absolute atomic E-state index is 5.67. The van der Waals surface area contributed by atoms with E-state index in [0.29, 0.717) is 5.70 Å². The van der Waals surface area contributed by atoms with Crippen LogP contribution in [0.1, 0.15) is 5.56 Å². The maximum atomic E-state index is 5.67. The van der Waals surface area contributed by atoms with Gasteiger partial charge in [-0.25, -0.2) is 0 Å². The Kier molecular flexibility index (Phi) is 3.09. The second kappa shape index (κ2) is 4.30. The zero-order chi connectivity index (χ0) is 9.68. The molecule has 0 atom stereocenters. The van der Waals surface area contributed by atoms with Crippen molar-refractivity contribution >= 4 is 5.71 Å². The van der Waals surface area contributed by atoms with E-state index in [-0.39, 0.29) is 0 Å². The van der Waals surface area contributed by atoms with E-state index < -0.39 is 0 Å². The van der Waals surface area contributed by atoms with Gasteiger partial charge in [-0.1, -0.05) is 30.3 Å². The van der Waals surface area contributed by atoms with Crippen LogP contribution in [0.3, 0.4) is 0 Å². The van der Waals surface area contributed by atoms with Crippen molar-refractivity contribution in [2.45, 2.75) is 0 Å². The molecule has 1 rings (SSSR count). The van der Waals surface area contributed by atoms with Gasteiger partial charge in [0.1, 0.15) is 0 Å². The van der Waals surface area contributed by atoms with Crippen molar-refractivity contribution in [1.82, 2.24) is 0 Å². The minimum absolute atomic E-state index is 0.494. The average molecular weight is 175 g/mol. The number of nitrogens with zero attached hydrogens (tertiary/aromatic N) is 1. The van der Waals surface area contributed by atoms with Crippen molar-refractivity contribution in [1.29, 1.82) is 0 Å². The first kappa shape index (κ1) is 9.32. The van der Waals surface area contributed by atoms with E-state index in [9.17, 15) is 0 Å². The van der Waals surface area contributed by atoms with Crippen molar-refractivity contribution in [2.75, 3.05) is 7.05 Å². The Morgan fingerprint density at radius 1 is 1.31 bits per heavy atom. The van der Waals surface area contributed by atoms with Crippen LogP contribution >= 0.6 is 0 Å². The molecule has 1 aromatic rings. The highest BCUT2D eigenvalue weighted by Crippen LogP contribution is 2.04. The molecule has 68 valence electrons. The highest BCUT2D eigenvalue weighted by atomic mass is 14.8. The lowest BCUT2D eigenvalue weighted by molar-refractivity contribution is 1.34. The molecule has 0 aliphatic rings. The zero-order valence-corrected chi connectivity index (χ0v) is 7.57. The number of nitrogens with two attached hydrogens (primary N) is 2. The quantitative estimate of drug-likeness (QED) is 0.655. The number of hydrogen-bond acceptors (Lipinski definition) is 3. The Hall–Kier alpha value is -1.77. The highest BCUT2D eigenvalue weighted by Gasteiger charge is 2.03. The molecule has 0 aliphatic heterocycles. The van der Waals surface area contributed by atoms with E-state index in [1.165, 1.54) is 6.20 Å². The van der Waals surface area contributed by atoms with Gasteiger partial charge < -0.3 is 11.5 Å². The number of benzene rings is 1. The van der Waals surface area contributed by atoms with E-state index in [0.717, 1.165) is 11.3 Å². The smallest absolute Gasteiger partial charge is 0.0887 e. The summed E-state index contributed by atoms with van der Waals surface area (Å²) in [5.41, 5.74) is 13.2. The van der Waals surface area contributed by atoms with E-state index in [2.05, 4.69) is 4.99 Å². The molecule has 1 aromatic carbocycles. The molecule has 4 N–H and O–H groups in total. The van der Waals surface area contributed by atoms with Crippen LogP contribution in [-0.4, -0.2) is 12.8 Å². The molecule has 0 unspecified atom stereocenters. The Labute approximate surface area is 77.8 Å². The van der Waals surface area contributed by atoms with Crippen LogP contribution in [0.5, 0.6) is 0 Å². The van der Waals surface area contributed by atoms with Gasteiger partial charge in [-0.3, -0.25) is 4.99 Å². The van der Waals surface area contributed by atoms with Gasteiger partial charge in [0.25, 0.3) is 0 Å². The highest BCUT2D eigenvalue weighted by molar-refractivity contribution is 6.11. The number of rotatable bonds is 2. The molecule has 0 aromatic heterocycles. The van der Waals surface area contributed by atoms with Crippen molar-refractivity contribution < 1.29 is 0 Å². The van der Waals surface area contributed by atoms with Gasteiger partial charge in [-0.15, -0.1) is 0 Å². The number of aliphatic imine (C=N–C) groups is 1. The fourth-order valence-electron chi connectivity index (χ4n) is 1.10. The molecule has 0 bridgehead atoms. The summed E-state index contributed by atoms with van der Waals surface area (Å²) in [4.78, 5) is 4.07.